The summed E-state index contributed by atoms with van der Waals surface area (Å²) in [7, 11) is 0. The lowest BCUT2D eigenvalue weighted by Crippen LogP contribution is -2.38. The van der Waals surface area contributed by atoms with E-state index in [2.05, 4.69) is 38.5 Å². The molecule has 7 heteroatoms. The fraction of sp³-hybridized carbons (Fsp3) is 0.500. The van der Waals surface area contributed by atoms with Crippen molar-refractivity contribution in [3.05, 3.63) is 47.3 Å². The van der Waals surface area contributed by atoms with Crippen molar-refractivity contribution in [1.82, 2.24) is 25.2 Å². The molecule has 25 heavy (non-hydrogen) atoms. The van der Waals surface area contributed by atoms with Crippen molar-refractivity contribution in [3.8, 4) is 0 Å². The highest BCUT2D eigenvalue weighted by molar-refractivity contribution is 5.76. The molecule has 2 aliphatic heterocycles. The molecule has 2 N–H and O–H groups in total. The Balaban J connectivity index is 1.30. The number of likely N-dealkylation sites (tertiary alicyclic amines) is 1. The van der Waals surface area contributed by atoms with Gasteiger partial charge in [0, 0.05) is 39.1 Å². The van der Waals surface area contributed by atoms with Gasteiger partial charge in [-0.3, -0.25) is 9.69 Å². The number of amides is 1. The minimum Gasteiger partial charge on any atom is -0.382 e. The molecule has 0 aliphatic carbocycles. The standard InChI is InChI=1S/C18H23N5O2/c24-17(23-9-5-14-3-1-2-4-15(14)12-23)6-8-22-10-7-18(25,13-22)16-11-19-21-20-16/h1-4,11,25H,5-10,12-13H2,(H,19,20,21). The van der Waals surface area contributed by atoms with Gasteiger partial charge in [0.25, 0.3) is 0 Å². The summed E-state index contributed by atoms with van der Waals surface area (Å²) in [5.74, 6) is 0.186. The van der Waals surface area contributed by atoms with E-state index in [1.54, 1.807) is 6.20 Å². The van der Waals surface area contributed by atoms with Crippen molar-refractivity contribution in [2.45, 2.75) is 31.4 Å². The SMILES string of the molecule is O=C(CCN1CCC(O)(c2cn[nH]n2)C1)N1CCc2ccccc2C1. The third kappa shape index (κ3) is 3.29. The number of fused-ring (bicyclic) bond motifs is 1. The van der Waals surface area contributed by atoms with Crippen LogP contribution in [0.1, 0.15) is 29.7 Å². The summed E-state index contributed by atoms with van der Waals surface area (Å²) in [6.45, 7) is 3.42. The molecule has 2 aliphatic rings. The van der Waals surface area contributed by atoms with Crippen LogP contribution in [-0.4, -0.2) is 62.4 Å². The van der Waals surface area contributed by atoms with Crippen molar-refractivity contribution in [1.29, 1.82) is 0 Å². The summed E-state index contributed by atoms with van der Waals surface area (Å²) in [4.78, 5) is 16.6. The molecule has 1 aromatic carbocycles. The zero-order chi connectivity index (χ0) is 17.3. The van der Waals surface area contributed by atoms with Crippen LogP contribution in [0.15, 0.2) is 30.5 Å². The number of nitrogens with one attached hydrogen (secondary N) is 1. The Hall–Kier alpha value is -2.25. The molecule has 1 atom stereocenters. The second-order valence-corrected chi connectivity index (χ2v) is 7.00. The number of aliphatic hydroxyl groups is 1. The Morgan fingerprint density at radius 3 is 2.92 bits per heavy atom. The molecule has 0 radical (unpaired) electrons. The van der Waals surface area contributed by atoms with Gasteiger partial charge >= 0.3 is 0 Å². The van der Waals surface area contributed by atoms with Crippen LogP contribution in [0.5, 0.6) is 0 Å². The van der Waals surface area contributed by atoms with Gasteiger partial charge in [-0.15, -0.1) is 0 Å². The maximum absolute atomic E-state index is 12.6. The fourth-order valence-electron chi connectivity index (χ4n) is 3.82. The van der Waals surface area contributed by atoms with Crippen LogP contribution in [0.25, 0.3) is 0 Å². The van der Waals surface area contributed by atoms with E-state index in [1.807, 2.05) is 11.0 Å². The molecule has 1 fully saturated rings. The highest BCUT2D eigenvalue weighted by Crippen LogP contribution is 2.30. The van der Waals surface area contributed by atoms with Crippen molar-refractivity contribution in [2.24, 2.45) is 0 Å². The molecule has 4 rings (SSSR count). The molecule has 1 aromatic heterocycles. The summed E-state index contributed by atoms with van der Waals surface area (Å²) in [5.41, 5.74) is 2.22. The largest absolute Gasteiger partial charge is 0.382 e. The number of hydrogen-bond donors (Lipinski definition) is 2. The molecule has 1 saturated heterocycles. The summed E-state index contributed by atoms with van der Waals surface area (Å²) in [6, 6.07) is 8.33. The van der Waals surface area contributed by atoms with Crippen LogP contribution in [0.3, 0.4) is 0 Å². The van der Waals surface area contributed by atoms with Gasteiger partial charge in [0.2, 0.25) is 5.91 Å². The number of benzene rings is 1. The minimum absolute atomic E-state index is 0.186. The van der Waals surface area contributed by atoms with Gasteiger partial charge in [0.05, 0.1) is 6.20 Å². The third-order valence-corrected chi connectivity index (χ3v) is 5.34. The van der Waals surface area contributed by atoms with Gasteiger partial charge in [-0.1, -0.05) is 24.3 Å². The monoisotopic (exact) mass is 341 g/mol. The molecule has 3 heterocycles. The van der Waals surface area contributed by atoms with Crippen molar-refractivity contribution >= 4 is 5.91 Å². The number of carbonyl (C=O) groups is 1. The maximum atomic E-state index is 12.6. The molecule has 7 nitrogen and oxygen atoms in total. The average Bonchev–Trinajstić information content (AvgIpc) is 3.30. The molecule has 0 bridgehead atoms. The summed E-state index contributed by atoms with van der Waals surface area (Å²) in [6.07, 6.45) is 3.60. The van der Waals surface area contributed by atoms with Gasteiger partial charge in [-0.25, -0.2) is 0 Å². The first-order chi connectivity index (χ1) is 12.1. The molecule has 1 amide bonds. The number of aromatic nitrogens is 3. The highest BCUT2D eigenvalue weighted by Gasteiger charge is 2.39. The van der Waals surface area contributed by atoms with Crippen LogP contribution in [-0.2, 0) is 23.4 Å². The van der Waals surface area contributed by atoms with E-state index in [0.29, 0.717) is 38.2 Å². The third-order valence-electron chi connectivity index (χ3n) is 5.34. The van der Waals surface area contributed by atoms with Gasteiger partial charge < -0.3 is 10.0 Å². The lowest BCUT2D eigenvalue weighted by Gasteiger charge is -2.29. The summed E-state index contributed by atoms with van der Waals surface area (Å²) >= 11 is 0. The summed E-state index contributed by atoms with van der Waals surface area (Å²) in [5, 5.41) is 21.0. The predicted molar refractivity (Wildman–Crippen MR) is 91.5 cm³/mol. The highest BCUT2D eigenvalue weighted by atomic mass is 16.3. The average molecular weight is 341 g/mol. The van der Waals surface area contributed by atoms with Crippen molar-refractivity contribution in [2.75, 3.05) is 26.2 Å². The molecule has 132 valence electrons. The van der Waals surface area contributed by atoms with E-state index < -0.39 is 5.60 Å². The Kier molecular flexibility index (Phi) is 4.27. The zero-order valence-corrected chi connectivity index (χ0v) is 14.2. The topological polar surface area (TPSA) is 85.3 Å². The number of carbonyl (C=O) groups excluding carboxylic acids is 1. The lowest BCUT2D eigenvalue weighted by molar-refractivity contribution is -0.132. The van der Waals surface area contributed by atoms with Gasteiger partial charge in [0.1, 0.15) is 11.3 Å². The Morgan fingerprint density at radius 2 is 2.12 bits per heavy atom. The first-order valence-corrected chi connectivity index (χ1v) is 8.80. The first-order valence-electron chi connectivity index (χ1n) is 8.80. The maximum Gasteiger partial charge on any atom is 0.224 e. The molecule has 2 aromatic rings. The fourth-order valence-corrected chi connectivity index (χ4v) is 3.82. The van der Waals surface area contributed by atoms with Gasteiger partial charge in [-0.05, 0) is 24.0 Å². The molecule has 0 saturated carbocycles. The van der Waals surface area contributed by atoms with Gasteiger partial charge in [-0.2, -0.15) is 15.4 Å². The number of aromatic amines is 1. The normalized spacial score (nSPS) is 23.6. The second-order valence-electron chi connectivity index (χ2n) is 7.00. The molecular weight excluding hydrogens is 318 g/mol. The van der Waals surface area contributed by atoms with E-state index in [1.165, 1.54) is 11.1 Å². The number of rotatable bonds is 4. The summed E-state index contributed by atoms with van der Waals surface area (Å²) < 4.78 is 0. The van der Waals surface area contributed by atoms with Crippen LogP contribution in [0, 0.1) is 0 Å². The second kappa shape index (κ2) is 6.57. The van der Waals surface area contributed by atoms with E-state index in [-0.39, 0.29) is 5.91 Å². The quantitative estimate of drug-likeness (QED) is 0.854. The molecular formula is C18H23N5O2. The van der Waals surface area contributed by atoms with Gasteiger partial charge in [0.15, 0.2) is 0 Å². The van der Waals surface area contributed by atoms with E-state index >= 15 is 0 Å². The Bertz CT molecular complexity index is 748. The van der Waals surface area contributed by atoms with E-state index in [0.717, 1.165) is 19.5 Å². The van der Waals surface area contributed by atoms with Crippen LogP contribution in [0.2, 0.25) is 0 Å². The number of H-pyrrole nitrogens is 1. The first kappa shape index (κ1) is 16.2. The smallest absolute Gasteiger partial charge is 0.224 e. The van der Waals surface area contributed by atoms with Crippen molar-refractivity contribution in [3.63, 3.8) is 0 Å². The minimum atomic E-state index is -0.958. The van der Waals surface area contributed by atoms with Crippen LogP contribution in [0.4, 0.5) is 0 Å². The predicted octanol–water partition coefficient (Wildman–Crippen LogP) is 0.673. The molecule has 1 unspecified atom stereocenters. The van der Waals surface area contributed by atoms with Crippen molar-refractivity contribution < 1.29 is 9.90 Å². The van der Waals surface area contributed by atoms with Crippen LogP contribution < -0.4 is 0 Å². The number of hydrogen-bond acceptors (Lipinski definition) is 5. The van der Waals surface area contributed by atoms with E-state index in [4.69, 9.17) is 0 Å². The molecule has 0 spiro atoms. The van der Waals surface area contributed by atoms with Crippen LogP contribution >= 0.6 is 0 Å². The van der Waals surface area contributed by atoms with E-state index in [9.17, 15) is 9.90 Å². The Morgan fingerprint density at radius 1 is 1.28 bits per heavy atom. The lowest BCUT2D eigenvalue weighted by atomic mass is 9.99. The zero-order valence-electron chi connectivity index (χ0n) is 14.2. The number of β-amino-alcohol motifs (C(OH)–C–C–N with tert-alkyl or cyclic N) is 1. The Labute approximate surface area is 146 Å². The number of nitrogens with zero attached hydrogens (tertiary/aromatic N) is 4.